The predicted octanol–water partition coefficient (Wildman–Crippen LogP) is 12.2. The van der Waals surface area contributed by atoms with E-state index in [9.17, 15) is 0 Å². The number of nitrogens with two attached hydrogens (primary N) is 1. The van der Waals surface area contributed by atoms with Gasteiger partial charge >= 0.3 is 0 Å². The van der Waals surface area contributed by atoms with E-state index in [0.29, 0.717) is 41.5 Å². The normalized spacial score (nSPS) is 25.3. The fourth-order valence-corrected chi connectivity index (χ4v) is 12.3. The first kappa shape index (κ1) is 42.4. The SMILES string of the molecule is C=C1CCN(c2nn(C)c3c(C4CCC(C5CCC(NCC6(c7ccccc7)Cc7cc(F)c(Cl)c(-c8c(C(=C)N)ccc(CC)c8F)c7C6C)CC5)CC4)cccc23)C(=C)N1. The van der Waals surface area contributed by atoms with Crippen molar-refractivity contribution >= 4 is 34.0 Å². The Kier molecular flexibility index (Phi) is 11.6. The second kappa shape index (κ2) is 17.0. The van der Waals surface area contributed by atoms with Gasteiger partial charge in [0.15, 0.2) is 5.82 Å². The fraction of sp³-hybridized carbons (Fsp3) is 0.415. The molecule has 2 unspecified atom stereocenters. The van der Waals surface area contributed by atoms with Gasteiger partial charge in [0.2, 0.25) is 0 Å². The van der Waals surface area contributed by atoms with Crippen LogP contribution in [0.5, 0.6) is 0 Å². The molecule has 0 amide bonds. The topological polar surface area (TPSA) is 71.1 Å². The molecule has 6 nitrogen and oxygen atoms in total. The van der Waals surface area contributed by atoms with Gasteiger partial charge in [0, 0.05) is 71.5 Å². The van der Waals surface area contributed by atoms with Crippen molar-refractivity contribution in [3.05, 3.63) is 148 Å². The van der Waals surface area contributed by atoms with Crippen LogP contribution in [0.25, 0.3) is 27.7 Å². The Morgan fingerprint density at radius 2 is 1.66 bits per heavy atom. The van der Waals surface area contributed by atoms with E-state index in [1.807, 2.05) is 13.0 Å². The molecule has 1 aromatic heterocycles. The summed E-state index contributed by atoms with van der Waals surface area (Å²) >= 11 is 6.90. The van der Waals surface area contributed by atoms with Crippen LogP contribution in [0.1, 0.15) is 117 Å². The van der Waals surface area contributed by atoms with Gasteiger partial charge in [0.25, 0.3) is 0 Å². The van der Waals surface area contributed by atoms with Gasteiger partial charge in [-0.15, -0.1) is 0 Å². The maximum absolute atomic E-state index is 16.5. The minimum atomic E-state index is -0.542. The minimum absolute atomic E-state index is 0.0676. The molecule has 2 saturated carbocycles. The van der Waals surface area contributed by atoms with Crippen molar-refractivity contribution in [2.45, 2.75) is 108 Å². The number of hydrogen-bond acceptors (Lipinski definition) is 5. The molecular weight excluding hydrogens is 794 g/mol. The fourth-order valence-electron chi connectivity index (χ4n) is 12.0. The molecule has 0 radical (unpaired) electrons. The molecule has 0 spiro atoms. The molecule has 9 heteroatoms. The molecule has 4 N–H and O–H groups in total. The lowest BCUT2D eigenvalue weighted by Gasteiger charge is -2.40. The van der Waals surface area contributed by atoms with Crippen molar-refractivity contribution in [3.63, 3.8) is 0 Å². The van der Waals surface area contributed by atoms with E-state index in [1.54, 1.807) is 18.2 Å². The minimum Gasteiger partial charge on any atom is -0.399 e. The second-order valence-electron chi connectivity index (χ2n) is 18.8. The van der Waals surface area contributed by atoms with E-state index < -0.39 is 17.0 Å². The van der Waals surface area contributed by atoms with Gasteiger partial charge in [0.1, 0.15) is 17.5 Å². The van der Waals surface area contributed by atoms with Crippen molar-refractivity contribution in [1.82, 2.24) is 20.4 Å². The summed E-state index contributed by atoms with van der Waals surface area (Å²) in [6.45, 7) is 18.0. The molecule has 2 atom stereocenters. The molecule has 4 aromatic carbocycles. The van der Waals surface area contributed by atoms with Crippen LogP contribution in [0.2, 0.25) is 5.02 Å². The average molecular weight is 856 g/mol. The number of halogens is 3. The number of para-hydroxylation sites is 1. The highest BCUT2D eigenvalue weighted by molar-refractivity contribution is 6.34. The summed E-state index contributed by atoms with van der Waals surface area (Å²) in [4.78, 5) is 2.19. The van der Waals surface area contributed by atoms with E-state index in [2.05, 4.69) is 96.4 Å². The second-order valence-corrected chi connectivity index (χ2v) is 19.1. The Labute approximate surface area is 371 Å². The summed E-state index contributed by atoms with van der Waals surface area (Å²) in [6, 6.07) is 22.8. The molecule has 0 bridgehead atoms. The first-order chi connectivity index (χ1) is 29.9. The third-order valence-corrected chi connectivity index (χ3v) is 15.8. The molecule has 324 valence electrons. The molecule has 62 heavy (non-hydrogen) atoms. The lowest BCUT2D eigenvalue weighted by molar-refractivity contribution is 0.165. The first-order valence-electron chi connectivity index (χ1n) is 22.8. The quantitative estimate of drug-likeness (QED) is 0.131. The number of nitrogens with zero attached hydrogens (tertiary/aromatic N) is 3. The number of fused-ring (bicyclic) bond motifs is 2. The maximum Gasteiger partial charge on any atom is 0.164 e. The summed E-state index contributed by atoms with van der Waals surface area (Å²) in [5.74, 6) is 2.78. The summed E-state index contributed by atoms with van der Waals surface area (Å²) in [7, 11) is 2.08. The van der Waals surface area contributed by atoms with Crippen LogP contribution >= 0.6 is 11.6 Å². The highest BCUT2D eigenvalue weighted by Crippen LogP contribution is 2.55. The largest absolute Gasteiger partial charge is 0.399 e. The van der Waals surface area contributed by atoms with Gasteiger partial charge in [0.05, 0.1) is 10.5 Å². The lowest BCUT2D eigenvalue weighted by atomic mass is 9.68. The van der Waals surface area contributed by atoms with Crippen molar-refractivity contribution < 1.29 is 8.78 Å². The van der Waals surface area contributed by atoms with Gasteiger partial charge in [-0.05, 0) is 128 Å². The van der Waals surface area contributed by atoms with E-state index >= 15 is 8.78 Å². The molecule has 9 rings (SSSR count). The van der Waals surface area contributed by atoms with Crippen molar-refractivity contribution in [2.75, 3.05) is 18.0 Å². The molecule has 4 aliphatic rings. The Balaban J connectivity index is 0.893. The third kappa shape index (κ3) is 7.35. The summed E-state index contributed by atoms with van der Waals surface area (Å²) < 4.78 is 34.5. The number of benzene rings is 4. The Morgan fingerprint density at radius 1 is 0.952 bits per heavy atom. The number of aryl methyl sites for hydroxylation is 2. The number of nitrogens with one attached hydrogen (secondary N) is 2. The molecule has 2 heterocycles. The standard InChI is InChI=1S/C53H61ClF2N6/c1-7-35-22-25-42(33(4)57)47(50(35)56)48-46-32(3)53(40-12-9-8-10-13-40,29-39(46)28-45(55)49(48)54)30-58-41-23-20-37(21-24-41)36-16-18-38(19-17-36)43-14-11-15-44-51(43)61(6)60-52(44)62-27-26-31(2)59-34(62)5/h8-15,22,25,28,32,36-38,41,58-59H,2,4-5,7,16-21,23-24,26-27,29-30,57H2,1,3,6H3. The van der Waals surface area contributed by atoms with Gasteiger partial charge in [-0.1, -0.05) is 99.8 Å². The number of rotatable bonds is 10. The number of anilines is 1. The molecule has 3 fully saturated rings. The number of hydrogen-bond donors (Lipinski definition) is 3. The summed E-state index contributed by atoms with van der Waals surface area (Å²) in [5.41, 5.74) is 14.4. The van der Waals surface area contributed by atoms with E-state index in [0.717, 1.165) is 72.7 Å². The molecular formula is C53H61ClF2N6. The monoisotopic (exact) mass is 854 g/mol. The van der Waals surface area contributed by atoms with Gasteiger partial charge in [-0.25, -0.2) is 8.78 Å². The Hall–Kier alpha value is -4.92. The van der Waals surface area contributed by atoms with Gasteiger partial charge < -0.3 is 21.3 Å². The zero-order valence-corrected chi connectivity index (χ0v) is 37.4. The van der Waals surface area contributed by atoms with Crippen molar-refractivity contribution in [1.29, 1.82) is 0 Å². The zero-order chi connectivity index (χ0) is 43.4. The van der Waals surface area contributed by atoms with Crippen LogP contribution in [0.15, 0.2) is 98.0 Å². The highest BCUT2D eigenvalue weighted by atomic mass is 35.5. The van der Waals surface area contributed by atoms with Crippen LogP contribution in [0, 0.1) is 23.5 Å². The molecule has 3 aliphatic carbocycles. The molecule has 1 saturated heterocycles. The lowest BCUT2D eigenvalue weighted by Crippen LogP contribution is -2.46. The Bertz CT molecular complexity index is 2550. The van der Waals surface area contributed by atoms with Crippen LogP contribution in [0.4, 0.5) is 14.6 Å². The summed E-state index contributed by atoms with van der Waals surface area (Å²) in [5, 5.41) is 13.5. The smallest absolute Gasteiger partial charge is 0.164 e. The third-order valence-electron chi connectivity index (χ3n) is 15.4. The summed E-state index contributed by atoms with van der Waals surface area (Å²) in [6.07, 6.45) is 11.6. The van der Waals surface area contributed by atoms with Gasteiger partial charge in [-0.3, -0.25) is 4.68 Å². The predicted molar refractivity (Wildman–Crippen MR) is 252 cm³/mol. The number of aromatic nitrogens is 2. The Morgan fingerprint density at radius 3 is 2.34 bits per heavy atom. The average Bonchev–Trinajstić information content (AvgIpc) is 3.76. The van der Waals surface area contributed by atoms with E-state index in [-0.39, 0.29) is 22.2 Å². The first-order valence-corrected chi connectivity index (χ1v) is 23.2. The van der Waals surface area contributed by atoms with E-state index in [1.165, 1.54) is 60.6 Å². The van der Waals surface area contributed by atoms with Crippen LogP contribution in [0.3, 0.4) is 0 Å². The highest BCUT2D eigenvalue weighted by Gasteiger charge is 2.48. The molecule has 5 aromatic rings. The van der Waals surface area contributed by atoms with E-state index in [4.69, 9.17) is 22.4 Å². The van der Waals surface area contributed by atoms with Crippen LogP contribution < -0.4 is 21.3 Å². The van der Waals surface area contributed by atoms with Crippen molar-refractivity contribution in [2.24, 2.45) is 24.6 Å². The maximum atomic E-state index is 16.5. The van der Waals surface area contributed by atoms with Crippen LogP contribution in [-0.4, -0.2) is 28.9 Å². The van der Waals surface area contributed by atoms with Gasteiger partial charge in [-0.2, -0.15) is 5.10 Å². The zero-order valence-electron chi connectivity index (χ0n) is 36.6. The van der Waals surface area contributed by atoms with Crippen LogP contribution in [-0.2, 0) is 25.3 Å². The molecule has 1 aliphatic heterocycles. The van der Waals surface area contributed by atoms with Crippen molar-refractivity contribution in [3.8, 4) is 11.1 Å².